The zero-order chi connectivity index (χ0) is 24.8. The van der Waals surface area contributed by atoms with Crippen LogP contribution in [0.5, 0.6) is 0 Å². The molecular weight excluding hydrogens is 453 g/mol. The van der Waals surface area contributed by atoms with E-state index in [0.717, 1.165) is 12.1 Å². The number of esters is 2. The Balaban J connectivity index is 1.62. The number of rotatable bonds is 7. The summed E-state index contributed by atoms with van der Waals surface area (Å²) in [6, 6.07) is 22.6. The average Bonchev–Trinajstić information content (AvgIpc) is 2.87. The molecule has 0 aliphatic carbocycles. The molecular formula is C27H22FNO6. The Morgan fingerprint density at radius 2 is 1.11 bits per heavy atom. The van der Waals surface area contributed by atoms with Crippen LogP contribution in [0.3, 0.4) is 0 Å². The van der Waals surface area contributed by atoms with Gasteiger partial charge in [-0.25, -0.2) is 4.39 Å². The number of amides is 2. The lowest BCUT2D eigenvalue weighted by Gasteiger charge is -2.34. The molecule has 0 aromatic heterocycles. The second-order valence-corrected chi connectivity index (χ2v) is 8.07. The van der Waals surface area contributed by atoms with Crippen molar-refractivity contribution < 1.29 is 33.0 Å². The van der Waals surface area contributed by atoms with Crippen molar-refractivity contribution in [3.63, 3.8) is 0 Å². The zero-order valence-electron chi connectivity index (χ0n) is 18.6. The van der Waals surface area contributed by atoms with Crippen molar-refractivity contribution in [2.75, 3.05) is 0 Å². The molecule has 1 saturated heterocycles. The second-order valence-electron chi connectivity index (χ2n) is 8.07. The number of hydrogen-bond acceptors (Lipinski definition) is 6. The second kappa shape index (κ2) is 10.7. The fraction of sp³-hybridized carbons (Fsp3) is 0.185. The minimum absolute atomic E-state index is 0.101. The summed E-state index contributed by atoms with van der Waals surface area (Å²) in [4.78, 5) is 51.7. The first-order valence-electron chi connectivity index (χ1n) is 11.0. The molecule has 35 heavy (non-hydrogen) atoms. The van der Waals surface area contributed by atoms with Gasteiger partial charge in [0.1, 0.15) is 30.9 Å². The van der Waals surface area contributed by atoms with Crippen LogP contribution in [0.4, 0.5) is 4.39 Å². The Hall–Kier alpha value is -4.33. The summed E-state index contributed by atoms with van der Waals surface area (Å²) in [5.41, 5.74) is 1.66. The summed E-state index contributed by atoms with van der Waals surface area (Å²) < 4.78 is 24.3. The molecule has 3 aromatic rings. The number of nitrogens with one attached hydrogen (secondary N) is 1. The molecule has 178 valence electrons. The van der Waals surface area contributed by atoms with Crippen LogP contribution in [0.15, 0.2) is 84.9 Å². The smallest absolute Gasteiger partial charge is 0.319 e. The van der Waals surface area contributed by atoms with Crippen LogP contribution in [-0.2, 0) is 41.9 Å². The number of benzene rings is 3. The van der Waals surface area contributed by atoms with Gasteiger partial charge in [-0.15, -0.1) is 0 Å². The van der Waals surface area contributed by atoms with Crippen LogP contribution in [0, 0.1) is 17.7 Å². The fourth-order valence-corrected chi connectivity index (χ4v) is 4.01. The predicted octanol–water partition coefficient (Wildman–Crippen LogP) is 3.28. The average molecular weight is 475 g/mol. The lowest BCUT2D eigenvalue weighted by molar-refractivity contribution is -0.164. The molecule has 0 bridgehead atoms. The van der Waals surface area contributed by atoms with E-state index in [-0.39, 0.29) is 18.8 Å². The molecule has 8 heteroatoms. The largest absolute Gasteiger partial charge is 0.460 e. The Labute approximate surface area is 200 Å². The molecule has 1 fully saturated rings. The van der Waals surface area contributed by atoms with Gasteiger partial charge in [-0.05, 0) is 28.8 Å². The molecule has 1 unspecified atom stereocenters. The monoisotopic (exact) mass is 475 g/mol. The van der Waals surface area contributed by atoms with E-state index in [9.17, 15) is 23.6 Å². The van der Waals surface area contributed by atoms with Crippen LogP contribution < -0.4 is 5.32 Å². The topological polar surface area (TPSA) is 98.8 Å². The quantitative estimate of drug-likeness (QED) is 0.320. The maximum atomic E-state index is 13.6. The van der Waals surface area contributed by atoms with Crippen molar-refractivity contribution in [3.8, 4) is 0 Å². The number of hydrogen-bond donors (Lipinski definition) is 1. The SMILES string of the molecule is O=C1NC(=O)[C@@H](C(=O)OCc2ccccc2)C(c2ccc(F)cc2)[C@H]1C(=O)OCc1ccccc1. The summed E-state index contributed by atoms with van der Waals surface area (Å²) in [5.74, 6) is -8.42. The van der Waals surface area contributed by atoms with Crippen LogP contribution in [0.2, 0.25) is 0 Å². The number of piperidine rings is 1. The van der Waals surface area contributed by atoms with Gasteiger partial charge in [0.15, 0.2) is 0 Å². The third-order valence-electron chi connectivity index (χ3n) is 5.74. The first-order valence-corrected chi connectivity index (χ1v) is 11.0. The predicted molar refractivity (Wildman–Crippen MR) is 122 cm³/mol. The van der Waals surface area contributed by atoms with Crippen LogP contribution in [0.1, 0.15) is 22.6 Å². The third kappa shape index (κ3) is 5.60. The van der Waals surface area contributed by atoms with Crippen molar-refractivity contribution in [2.45, 2.75) is 19.1 Å². The number of carbonyl (C=O) groups is 4. The molecule has 0 radical (unpaired) electrons. The third-order valence-corrected chi connectivity index (χ3v) is 5.74. The van der Waals surface area contributed by atoms with Crippen molar-refractivity contribution in [1.29, 1.82) is 0 Å². The maximum Gasteiger partial charge on any atom is 0.319 e. The van der Waals surface area contributed by atoms with Gasteiger partial charge in [0.2, 0.25) is 11.8 Å². The lowest BCUT2D eigenvalue weighted by Crippen LogP contribution is -2.55. The highest BCUT2D eigenvalue weighted by atomic mass is 19.1. The molecule has 0 saturated carbocycles. The van der Waals surface area contributed by atoms with Gasteiger partial charge in [0.05, 0.1) is 0 Å². The molecule has 1 heterocycles. The molecule has 2 amide bonds. The number of halogens is 1. The minimum Gasteiger partial charge on any atom is -0.460 e. The molecule has 1 N–H and O–H groups in total. The molecule has 3 aromatic carbocycles. The van der Waals surface area contributed by atoms with Gasteiger partial charge < -0.3 is 9.47 Å². The molecule has 7 nitrogen and oxygen atoms in total. The Morgan fingerprint density at radius 3 is 1.54 bits per heavy atom. The highest BCUT2D eigenvalue weighted by Gasteiger charge is 2.52. The summed E-state index contributed by atoms with van der Waals surface area (Å²) >= 11 is 0. The van der Waals surface area contributed by atoms with Gasteiger partial charge in [-0.3, -0.25) is 24.5 Å². The van der Waals surface area contributed by atoms with E-state index < -0.39 is 47.3 Å². The standard InChI is InChI=1S/C27H22FNO6/c28-20-13-11-19(12-14-20)21-22(26(32)34-15-17-7-3-1-4-8-17)24(30)29-25(31)23(21)27(33)35-16-18-9-5-2-6-10-18/h1-14,21-23H,15-16H2,(H,29,30,31)/t21?,22-,23+. The van der Waals surface area contributed by atoms with E-state index in [4.69, 9.17) is 9.47 Å². The number of ether oxygens (including phenoxy) is 2. The first-order chi connectivity index (χ1) is 16.9. The molecule has 3 atom stereocenters. The summed E-state index contributed by atoms with van der Waals surface area (Å²) in [7, 11) is 0. The van der Waals surface area contributed by atoms with Crippen molar-refractivity contribution in [2.24, 2.45) is 11.8 Å². The normalized spacial score (nSPS) is 19.5. The maximum absolute atomic E-state index is 13.6. The van der Waals surface area contributed by atoms with Gasteiger partial charge >= 0.3 is 11.9 Å². The van der Waals surface area contributed by atoms with E-state index in [0.29, 0.717) is 11.1 Å². The Morgan fingerprint density at radius 1 is 0.686 bits per heavy atom. The van der Waals surface area contributed by atoms with E-state index in [1.807, 2.05) is 12.1 Å². The summed E-state index contributed by atoms with van der Waals surface area (Å²) in [5, 5.41) is 2.10. The van der Waals surface area contributed by atoms with E-state index >= 15 is 0 Å². The summed E-state index contributed by atoms with van der Waals surface area (Å²) in [6.45, 7) is -0.201. The Bertz CT molecular complexity index is 1140. The van der Waals surface area contributed by atoms with Crippen LogP contribution >= 0.6 is 0 Å². The minimum atomic E-state index is -1.52. The fourth-order valence-electron chi connectivity index (χ4n) is 4.01. The van der Waals surface area contributed by atoms with Gasteiger partial charge in [-0.2, -0.15) is 0 Å². The Kier molecular flexibility index (Phi) is 7.30. The van der Waals surface area contributed by atoms with E-state index in [1.54, 1.807) is 48.5 Å². The van der Waals surface area contributed by atoms with Crippen molar-refractivity contribution in [3.05, 3.63) is 107 Å². The van der Waals surface area contributed by atoms with Crippen molar-refractivity contribution in [1.82, 2.24) is 5.32 Å². The van der Waals surface area contributed by atoms with Crippen LogP contribution in [-0.4, -0.2) is 23.8 Å². The van der Waals surface area contributed by atoms with E-state index in [2.05, 4.69) is 5.32 Å². The lowest BCUT2D eigenvalue weighted by atomic mass is 9.73. The van der Waals surface area contributed by atoms with Crippen molar-refractivity contribution >= 4 is 23.8 Å². The molecule has 0 spiro atoms. The molecule has 4 rings (SSSR count). The zero-order valence-corrected chi connectivity index (χ0v) is 18.6. The number of imide groups is 1. The van der Waals surface area contributed by atoms with Gasteiger partial charge in [0.25, 0.3) is 0 Å². The first kappa shape index (κ1) is 23.8. The number of carbonyl (C=O) groups excluding carboxylic acids is 4. The highest BCUT2D eigenvalue weighted by Crippen LogP contribution is 2.38. The molecule has 1 aliphatic heterocycles. The summed E-state index contributed by atoms with van der Waals surface area (Å²) in [6.07, 6.45) is 0. The van der Waals surface area contributed by atoms with E-state index in [1.165, 1.54) is 12.1 Å². The highest BCUT2D eigenvalue weighted by molar-refractivity contribution is 6.14. The van der Waals surface area contributed by atoms with Gasteiger partial charge in [0, 0.05) is 5.92 Å². The van der Waals surface area contributed by atoms with Crippen LogP contribution in [0.25, 0.3) is 0 Å². The molecule has 1 aliphatic rings. The van der Waals surface area contributed by atoms with Gasteiger partial charge in [-0.1, -0.05) is 72.8 Å².